The van der Waals surface area contributed by atoms with E-state index in [-0.39, 0.29) is 34.7 Å². The zero-order valence-corrected chi connectivity index (χ0v) is 29.7. The molecule has 7 rings (SSSR count). The lowest BCUT2D eigenvalue weighted by Crippen LogP contribution is -2.53. The highest BCUT2D eigenvalue weighted by Crippen LogP contribution is 2.39. The van der Waals surface area contributed by atoms with Crippen LogP contribution in [0.15, 0.2) is 73.1 Å². The van der Waals surface area contributed by atoms with Gasteiger partial charge in [-0.2, -0.15) is 0 Å². The van der Waals surface area contributed by atoms with Crippen molar-refractivity contribution < 1.29 is 38.8 Å². The number of nitrogens with zero attached hydrogens (tertiary/aromatic N) is 3. The molecule has 1 amide bonds. The van der Waals surface area contributed by atoms with Crippen molar-refractivity contribution in [3.63, 3.8) is 0 Å². The van der Waals surface area contributed by atoms with E-state index in [1.165, 1.54) is 26.6 Å². The molecule has 3 aliphatic heterocycles. The number of carboxylic acids is 1. The van der Waals surface area contributed by atoms with E-state index < -0.39 is 18.0 Å². The van der Waals surface area contributed by atoms with Crippen molar-refractivity contribution in [1.82, 2.24) is 4.90 Å². The maximum absolute atomic E-state index is 14.0. The maximum Gasteiger partial charge on any atom is 0.414 e. The molecule has 10 nitrogen and oxygen atoms in total. The summed E-state index contributed by atoms with van der Waals surface area (Å²) in [6.07, 6.45) is 4.21. The van der Waals surface area contributed by atoms with Gasteiger partial charge in [0.1, 0.15) is 16.1 Å². The van der Waals surface area contributed by atoms with Gasteiger partial charge in [-0.1, -0.05) is 59.6 Å². The second-order valence-corrected chi connectivity index (χ2v) is 13.7. The van der Waals surface area contributed by atoms with Crippen LogP contribution in [0.4, 0.5) is 10.5 Å². The molecule has 50 heavy (non-hydrogen) atoms. The molecule has 3 saturated heterocycles. The fourth-order valence-corrected chi connectivity index (χ4v) is 7.75. The summed E-state index contributed by atoms with van der Waals surface area (Å²) in [5.74, 6) is -0.412. The van der Waals surface area contributed by atoms with Crippen LogP contribution in [-0.4, -0.2) is 67.2 Å². The largest absolute Gasteiger partial charge is 0.493 e. The van der Waals surface area contributed by atoms with Gasteiger partial charge in [-0.15, -0.1) is 0 Å². The average Bonchev–Trinajstić information content (AvgIpc) is 3.10. The van der Waals surface area contributed by atoms with Crippen molar-refractivity contribution in [2.75, 3.05) is 38.8 Å². The molecule has 2 bridgehead atoms. The molecule has 1 aromatic heterocycles. The number of carbonyl (C=O) groups excluding carboxylic acids is 1. The number of rotatable bonds is 11. The molecule has 3 aliphatic rings. The number of aryl methyl sites for hydroxylation is 1. The standard InChI is InChI=1S/C38H39Cl2N3O7/c1-23-6-4-5-7-33(23)43(38(46)50-36-22-41-14-12-25(36)13-15-41)19-24-8-10-27(37(44)45)29(16-24)28(18-30-31(39)20-42(47)21-32(30)40)26-9-11-34(48-2)35(17-26)49-3/h4-11,16-17,20-21,25,28,36H,12-15,18-19,22H2,1-3H3,(H-,44,45,47)/p+1/t28-,36-/m0/s1. The predicted molar refractivity (Wildman–Crippen MR) is 189 cm³/mol. The van der Waals surface area contributed by atoms with Crippen LogP contribution in [0.5, 0.6) is 11.5 Å². The molecule has 0 spiro atoms. The zero-order valence-electron chi connectivity index (χ0n) is 28.1. The smallest absolute Gasteiger partial charge is 0.414 e. The van der Waals surface area contributed by atoms with Crippen molar-refractivity contribution >= 4 is 41.0 Å². The number of fused-ring (bicyclic) bond motifs is 3. The number of hydrogen-bond acceptors (Lipinski definition) is 7. The van der Waals surface area contributed by atoms with E-state index >= 15 is 0 Å². The summed E-state index contributed by atoms with van der Waals surface area (Å²) in [5.41, 5.74) is 4.09. The quantitative estimate of drug-likeness (QED) is 0.124. The van der Waals surface area contributed by atoms with Gasteiger partial charge in [-0.25, -0.2) is 9.59 Å². The van der Waals surface area contributed by atoms with E-state index in [1.54, 1.807) is 29.2 Å². The van der Waals surface area contributed by atoms with Crippen molar-refractivity contribution in [3.8, 4) is 11.5 Å². The first-order valence-corrected chi connectivity index (χ1v) is 17.2. The molecule has 4 heterocycles. The molecule has 0 unspecified atom stereocenters. The fourth-order valence-electron chi connectivity index (χ4n) is 7.14. The number of hydrogen-bond donors (Lipinski definition) is 2. The zero-order chi connectivity index (χ0) is 35.5. The third-order valence-corrected chi connectivity index (χ3v) is 10.5. The van der Waals surface area contributed by atoms with Crippen molar-refractivity contribution in [3.05, 3.63) is 116 Å². The predicted octanol–water partition coefficient (Wildman–Crippen LogP) is 7.15. The minimum absolute atomic E-state index is 0.0752. The second-order valence-electron chi connectivity index (χ2n) is 12.8. The normalized spacial score (nSPS) is 18.7. The van der Waals surface area contributed by atoms with Gasteiger partial charge < -0.3 is 19.3 Å². The summed E-state index contributed by atoms with van der Waals surface area (Å²) in [6.45, 7) is 4.86. The van der Waals surface area contributed by atoms with Gasteiger partial charge >= 0.3 is 12.1 Å². The van der Waals surface area contributed by atoms with Crippen LogP contribution in [0.1, 0.15) is 56.9 Å². The fraction of sp³-hybridized carbons (Fsp3) is 0.342. The number of halogens is 2. The Morgan fingerprint density at radius 1 is 0.980 bits per heavy atom. The Balaban J connectivity index is 1.43. The highest BCUT2D eigenvalue weighted by molar-refractivity contribution is 6.35. The first-order valence-electron chi connectivity index (χ1n) is 16.5. The number of methoxy groups -OCH3 is 2. The average molecular weight is 722 g/mol. The van der Waals surface area contributed by atoms with Crippen LogP contribution in [0.25, 0.3) is 0 Å². The summed E-state index contributed by atoms with van der Waals surface area (Å²) in [4.78, 5) is 30.8. The summed E-state index contributed by atoms with van der Waals surface area (Å²) in [7, 11) is 3.07. The molecule has 2 atom stereocenters. The Bertz CT molecular complexity index is 1870. The van der Waals surface area contributed by atoms with Crippen LogP contribution in [0.2, 0.25) is 10.0 Å². The van der Waals surface area contributed by atoms with Crippen molar-refractivity contribution in [2.45, 2.75) is 44.8 Å². The number of pyridine rings is 1. The van der Waals surface area contributed by atoms with Gasteiger partial charge in [0.2, 0.25) is 12.4 Å². The number of amides is 1. The Morgan fingerprint density at radius 2 is 1.68 bits per heavy atom. The molecule has 4 aromatic rings. The van der Waals surface area contributed by atoms with Gasteiger partial charge in [0, 0.05) is 22.8 Å². The second kappa shape index (κ2) is 15.2. The molecule has 12 heteroatoms. The molecule has 0 aliphatic carbocycles. The van der Waals surface area contributed by atoms with E-state index in [9.17, 15) is 19.9 Å². The summed E-state index contributed by atoms with van der Waals surface area (Å²) in [6, 6.07) is 18.1. The monoisotopic (exact) mass is 720 g/mol. The minimum atomic E-state index is -1.12. The van der Waals surface area contributed by atoms with E-state index in [1.807, 2.05) is 43.3 Å². The molecule has 0 saturated carbocycles. The number of carboxylic acid groups (broad SMARTS) is 1. The number of para-hydroxylation sites is 1. The molecule has 0 radical (unpaired) electrons. The molecule has 2 N–H and O–H groups in total. The van der Waals surface area contributed by atoms with Crippen LogP contribution in [-0.2, 0) is 17.7 Å². The maximum atomic E-state index is 14.0. The minimum Gasteiger partial charge on any atom is -0.493 e. The highest BCUT2D eigenvalue weighted by Gasteiger charge is 2.38. The molecular weight excluding hydrogens is 681 g/mol. The molecular formula is C38H40Cl2N3O7+. The highest BCUT2D eigenvalue weighted by atomic mass is 35.5. The topological polar surface area (TPSA) is 113 Å². The Labute approximate surface area is 301 Å². The van der Waals surface area contributed by atoms with E-state index in [4.69, 9.17) is 37.4 Å². The third-order valence-electron chi connectivity index (χ3n) is 9.82. The van der Waals surface area contributed by atoms with Crippen LogP contribution in [0.3, 0.4) is 0 Å². The molecule has 3 fully saturated rings. The first-order chi connectivity index (χ1) is 24.1. The number of aromatic nitrogens is 1. The lowest BCUT2D eigenvalue weighted by molar-refractivity contribution is -0.904. The van der Waals surface area contributed by atoms with Crippen LogP contribution >= 0.6 is 23.2 Å². The Kier molecular flexibility index (Phi) is 10.7. The Hall–Kier alpha value is -4.51. The van der Waals surface area contributed by atoms with Crippen molar-refractivity contribution in [1.29, 1.82) is 0 Å². The summed E-state index contributed by atoms with van der Waals surface area (Å²) in [5, 5.41) is 20.9. The van der Waals surface area contributed by atoms with Crippen LogP contribution in [0, 0.1) is 12.8 Å². The molecule has 3 aromatic carbocycles. The third kappa shape index (κ3) is 7.47. The lowest BCUT2D eigenvalue weighted by atomic mass is 9.82. The SMILES string of the molecule is COc1ccc([C@H](Cc2c(Cl)c[n+](O)cc2Cl)c2cc(CN(C(=O)O[C@H]3CN4CCC3CC4)c3ccccc3C)ccc2C(=O)O)cc1OC. The van der Waals surface area contributed by atoms with Crippen molar-refractivity contribution in [2.24, 2.45) is 5.92 Å². The first kappa shape index (κ1) is 35.3. The van der Waals surface area contributed by atoms with E-state index in [0.29, 0.717) is 45.4 Å². The van der Waals surface area contributed by atoms with Gasteiger partial charge in [-0.3, -0.25) is 15.0 Å². The number of aromatic carboxylic acids is 1. The molecule has 262 valence electrons. The van der Waals surface area contributed by atoms with E-state index in [2.05, 4.69) is 4.90 Å². The van der Waals surface area contributed by atoms with Gasteiger partial charge in [0.15, 0.2) is 11.5 Å². The number of piperidine rings is 3. The summed E-state index contributed by atoms with van der Waals surface area (Å²) < 4.78 is 18.1. The summed E-state index contributed by atoms with van der Waals surface area (Å²) >= 11 is 13.2. The van der Waals surface area contributed by atoms with Gasteiger partial charge in [0.25, 0.3) is 0 Å². The van der Waals surface area contributed by atoms with Crippen LogP contribution < -0.4 is 19.1 Å². The number of anilines is 1. The van der Waals surface area contributed by atoms with Gasteiger partial charge in [-0.05, 0) is 91.7 Å². The lowest BCUT2D eigenvalue weighted by Gasteiger charge is -2.44. The van der Waals surface area contributed by atoms with Gasteiger partial charge in [0.05, 0.1) is 32.0 Å². The van der Waals surface area contributed by atoms with E-state index in [0.717, 1.165) is 42.8 Å². The number of ether oxygens (including phenoxy) is 3. The number of carbonyl (C=O) groups is 2. The number of benzene rings is 3. The Morgan fingerprint density at radius 3 is 2.30 bits per heavy atom.